The summed E-state index contributed by atoms with van der Waals surface area (Å²) in [5.74, 6) is 2.31. The number of aryl methyl sites for hydroxylation is 1. The molecule has 0 saturated heterocycles. The fraction of sp³-hybridized carbons (Fsp3) is 0.600. The lowest BCUT2D eigenvalue weighted by Crippen LogP contribution is -2.25. The van der Waals surface area contributed by atoms with Gasteiger partial charge in [0, 0.05) is 12.2 Å². The van der Waals surface area contributed by atoms with Gasteiger partial charge in [-0.2, -0.15) is 4.98 Å². The third-order valence-corrected chi connectivity index (χ3v) is 4.54. The monoisotopic (exact) mass is 258 g/mol. The highest BCUT2D eigenvalue weighted by atomic mass is 15.3. The van der Waals surface area contributed by atoms with E-state index in [4.69, 9.17) is 0 Å². The van der Waals surface area contributed by atoms with E-state index in [-0.39, 0.29) is 0 Å². The van der Waals surface area contributed by atoms with Gasteiger partial charge in [0.25, 0.3) is 0 Å². The summed E-state index contributed by atoms with van der Waals surface area (Å²) >= 11 is 0. The first kappa shape index (κ1) is 12.5. The predicted molar refractivity (Wildman–Crippen MR) is 77.3 cm³/mol. The molecule has 2 heterocycles. The summed E-state index contributed by atoms with van der Waals surface area (Å²) < 4.78 is 1.86. The van der Waals surface area contributed by atoms with E-state index < -0.39 is 0 Å². The average molecular weight is 258 g/mol. The first-order chi connectivity index (χ1) is 9.17. The van der Waals surface area contributed by atoms with Gasteiger partial charge in [0.1, 0.15) is 0 Å². The summed E-state index contributed by atoms with van der Waals surface area (Å²) in [6.45, 7) is 6.70. The Morgan fingerprint density at radius 3 is 2.95 bits per heavy atom. The van der Waals surface area contributed by atoms with Gasteiger partial charge in [0.05, 0.1) is 0 Å². The van der Waals surface area contributed by atoms with Crippen LogP contribution in [0.1, 0.15) is 38.7 Å². The number of hydrogen-bond acceptors (Lipinski definition) is 3. The average Bonchev–Trinajstić information content (AvgIpc) is 2.93. The van der Waals surface area contributed by atoms with E-state index in [1.54, 1.807) is 0 Å². The number of nitrogens with zero attached hydrogens (tertiary/aromatic N) is 3. The van der Waals surface area contributed by atoms with Crippen molar-refractivity contribution in [2.45, 2.75) is 46.1 Å². The molecule has 0 amide bonds. The van der Waals surface area contributed by atoms with Crippen LogP contribution in [0.15, 0.2) is 18.3 Å². The normalized spacial score (nSPS) is 27.0. The Kier molecular flexibility index (Phi) is 3.17. The Morgan fingerprint density at radius 1 is 1.37 bits per heavy atom. The van der Waals surface area contributed by atoms with E-state index in [0.717, 1.165) is 17.5 Å². The lowest BCUT2D eigenvalue weighted by atomic mass is 9.94. The summed E-state index contributed by atoms with van der Waals surface area (Å²) in [7, 11) is 0. The largest absolute Gasteiger partial charge is 0.350 e. The molecule has 1 fully saturated rings. The topological polar surface area (TPSA) is 42.2 Å². The Bertz CT molecular complexity index is 575. The van der Waals surface area contributed by atoms with Gasteiger partial charge in [-0.3, -0.25) is 0 Å². The molecule has 1 aliphatic carbocycles. The molecule has 0 aliphatic heterocycles. The fourth-order valence-corrected chi connectivity index (χ4v) is 3.24. The molecule has 3 unspecified atom stereocenters. The second-order valence-corrected chi connectivity index (χ2v) is 5.80. The molecule has 1 saturated carbocycles. The second-order valence-electron chi connectivity index (χ2n) is 5.80. The van der Waals surface area contributed by atoms with E-state index >= 15 is 0 Å². The Balaban J connectivity index is 1.78. The van der Waals surface area contributed by atoms with E-state index in [2.05, 4.69) is 42.2 Å². The Morgan fingerprint density at radius 2 is 2.21 bits per heavy atom. The maximum absolute atomic E-state index is 4.54. The van der Waals surface area contributed by atoms with Crippen molar-refractivity contribution in [3.8, 4) is 0 Å². The van der Waals surface area contributed by atoms with Crippen molar-refractivity contribution < 1.29 is 0 Å². The van der Waals surface area contributed by atoms with Crippen LogP contribution in [-0.2, 0) is 0 Å². The summed E-state index contributed by atoms with van der Waals surface area (Å²) in [6, 6.07) is 4.60. The number of pyridine rings is 1. The molecule has 4 heteroatoms. The summed E-state index contributed by atoms with van der Waals surface area (Å²) in [5, 5.41) is 8.04. The molecule has 3 atom stereocenters. The Hall–Kier alpha value is -1.58. The summed E-state index contributed by atoms with van der Waals surface area (Å²) in [6.07, 6.45) is 5.84. The van der Waals surface area contributed by atoms with E-state index in [0.29, 0.717) is 12.0 Å². The lowest BCUT2D eigenvalue weighted by molar-refractivity contribution is 0.391. The number of anilines is 1. The molecule has 1 aliphatic rings. The number of nitrogens with one attached hydrogen (secondary N) is 1. The van der Waals surface area contributed by atoms with E-state index in [1.807, 2.05) is 16.8 Å². The zero-order valence-electron chi connectivity index (χ0n) is 11.9. The van der Waals surface area contributed by atoms with Crippen LogP contribution in [0.5, 0.6) is 0 Å². The maximum atomic E-state index is 4.54. The Labute approximate surface area is 114 Å². The minimum atomic E-state index is 0.517. The highest BCUT2D eigenvalue weighted by Crippen LogP contribution is 2.35. The molecule has 0 radical (unpaired) electrons. The molecule has 2 aromatic rings. The minimum absolute atomic E-state index is 0.517. The van der Waals surface area contributed by atoms with Crippen LogP contribution in [0, 0.1) is 18.8 Å². The summed E-state index contributed by atoms with van der Waals surface area (Å²) in [4.78, 5) is 4.54. The van der Waals surface area contributed by atoms with Crippen LogP contribution in [0.2, 0.25) is 0 Å². The van der Waals surface area contributed by atoms with Crippen LogP contribution in [-0.4, -0.2) is 20.6 Å². The molecule has 102 valence electrons. The van der Waals surface area contributed by atoms with Crippen molar-refractivity contribution in [1.82, 2.24) is 14.6 Å². The molecule has 2 aromatic heterocycles. The highest BCUT2D eigenvalue weighted by molar-refractivity contribution is 5.44. The van der Waals surface area contributed by atoms with Crippen molar-refractivity contribution in [1.29, 1.82) is 0 Å². The van der Waals surface area contributed by atoms with Crippen molar-refractivity contribution in [2.75, 3.05) is 5.32 Å². The number of hydrogen-bond donors (Lipinski definition) is 1. The standard InChI is InChI=1S/C15H22N4/c1-4-12-6-7-13(11(12)3)16-15-17-14-8-5-10(2)9-19(14)18-15/h5,8-9,11-13H,4,6-7H2,1-3H3,(H,16,18). The van der Waals surface area contributed by atoms with E-state index in [9.17, 15) is 0 Å². The van der Waals surface area contributed by atoms with Crippen LogP contribution in [0.25, 0.3) is 5.65 Å². The zero-order valence-corrected chi connectivity index (χ0v) is 11.9. The van der Waals surface area contributed by atoms with Gasteiger partial charge < -0.3 is 5.32 Å². The predicted octanol–water partition coefficient (Wildman–Crippen LogP) is 3.27. The third kappa shape index (κ3) is 2.31. The van der Waals surface area contributed by atoms with Gasteiger partial charge >= 0.3 is 0 Å². The first-order valence-corrected chi connectivity index (χ1v) is 7.27. The molecule has 0 spiro atoms. The van der Waals surface area contributed by atoms with Crippen LogP contribution < -0.4 is 5.32 Å². The number of fused-ring (bicyclic) bond motifs is 1. The first-order valence-electron chi connectivity index (χ1n) is 7.27. The van der Waals surface area contributed by atoms with E-state index in [1.165, 1.54) is 24.8 Å². The minimum Gasteiger partial charge on any atom is -0.350 e. The number of rotatable bonds is 3. The van der Waals surface area contributed by atoms with Crippen molar-refractivity contribution >= 4 is 11.6 Å². The van der Waals surface area contributed by atoms with Crippen LogP contribution in [0.4, 0.5) is 5.95 Å². The molecular formula is C15H22N4. The number of aromatic nitrogens is 3. The van der Waals surface area contributed by atoms with Gasteiger partial charge in [-0.1, -0.05) is 26.3 Å². The molecule has 0 bridgehead atoms. The third-order valence-electron chi connectivity index (χ3n) is 4.54. The maximum Gasteiger partial charge on any atom is 0.243 e. The molecule has 0 aromatic carbocycles. The fourth-order valence-electron chi connectivity index (χ4n) is 3.24. The second kappa shape index (κ2) is 4.83. The van der Waals surface area contributed by atoms with Crippen molar-refractivity contribution in [3.63, 3.8) is 0 Å². The van der Waals surface area contributed by atoms with Gasteiger partial charge in [0.15, 0.2) is 5.65 Å². The van der Waals surface area contributed by atoms with Crippen LogP contribution in [0.3, 0.4) is 0 Å². The molecule has 3 rings (SSSR count). The molecule has 1 N–H and O–H groups in total. The summed E-state index contributed by atoms with van der Waals surface area (Å²) in [5.41, 5.74) is 2.11. The van der Waals surface area contributed by atoms with Gasteiger partial charge in [0.2, 0.25) is 5.95 Å². The van der Waals surface area contributed by atoms with Crippen LogP contribution >= 0.6 is 0 Å². The lowest BCUT2D eigenvalue weighted by Gasteiger charge is -2.19. The van der Waals surface area contributed by atoms with Crippen molar-refractivity contribution in [3.05, 3.63) is 23.9 Å². The van der Waals surface area contributed by atoms with Gasteiger partial charge in [-0.15, -0.1) is 5.10 Å². The zero-order chi connectivity index (χ0) is 13.4. The SMILES string of the molecule is CCC1CCC(Nc2nc3ccc(C)cn3n2)C1C. The van der Waals surface area contributed by atoms with Gasteiger partial charge in [-0.05, 0) is 43.2 Å². The smallest absolute Gasteiger partial charge is 0.243 e. The molecular weight excluding hydrogens is 236 g/mol. The quantitative estimate of drug-likeness (QED) is 0.918. The highest BCUT2D eigenvalue weighted by Gasteiger charge is 2.31. The molecule has 19 heavy (non-hydrogen) atoms. The van der Waals surface area contributed by atoms with Crippen molar-refractivity contribution in [2.24, 2.45) is 11.8 Å². The molecule has 4 nitrogen and oxygen atoms in total. The van der Waals surface area contributed by atoms with Gasteiger partial charge in [-0.25, -0.2) is 4.52 Å².